The van der Waals surface area contributed by atoms with Crippen LogP contribution in [0.1, 0.15) is 23.6 Å². The van der Waals surface area contributed by atoms with Crippen LogP contribution in [0.2, 0.25) is 0 Å². The Bertz CT molecular complexity index is 447. The van der Waals surface area contributed by atoms with E-state index in [4.69, 9.17) is 0 Å². The van der Waals surface area contributed by atoms with Gasteiger partial charge in [0.15, 0.2) is 0 Å². The summed E-state index contributed by atoms with van der Waals surface area (Å²) in [6.45, 7) is 0. The molecule has 16 heavy (non-hydrogen) atoms. The number of aliphatic hydroxyl groups excluding tert-OH is 1. The summed E-state index contributed by atoms with van der Waals surface area (Å²) < 4.78 is 0. The molecule has 5 heteroatoms. The molecule has 1 fully saturated rings. The molecule has 84 valence electrons. The molecule has 2 unspecified atom stereocenters. The molecule has 0 radical (unpaired) electrons. The highest BCUT2D eigenvalue weighted by Gasteiger charge is 2.25. The molecule has 1 aromatic carbocycles. The van der Waals surface area contributed by atoms with Gasteiger partial charge in [-0.2, -0.15) is 0 Å². The van der Waals surface area contributed by atoms with Crippen molar-refractivity contribution in [2.45, 2.75) is 25.1 Å². The minimum atomic E-state index is -0.502. The quantitative estimate of drug-likeness (QED) is 0.538. The predicted octanol–water partition coefficient (Wildman–Crippen LogP) is 0.0386. The van der Waals surface area contributed by atoms with E-state index in [-0.39, 0.29) is 11.9 Å². The lowest BCUT2D eigenvalue weighted by atomic mass is 10.0. The Hall–Kier alpha value is -1.43. The molecule has 2 aliphatic heterocycles. The number of rotatable bonds is 1. The highest BCUT2D eigenvalue weighted by molar-refractivity contribution is 5.99. The summed E-state index contributed by atoms with van der Waals surface area (Å²) in [6, 6.07) is 6.02. The minimum absolute atomic E-state index is 0.0460. The number of hydrazine groups is 1. The first-order valence-electron chi connectivity index (χ1n) is 5.34. The number of aliphatic hydroxyl groups is 1. The lowest BCUT2D eigenvalue weighted by Gasteiger charge is -2.10. The first-order chi connectivity index (χ1) is 7.72. The highest BCUT2D eigenvalue weighted by Crippen LogP contribution is 2.28. The van der Waals surface area contributed by atoms with Gasteiger partial charge < -0.3 is 10.4 Å². The Labute approximate surface area is 92.8 Å². The maximum atomic E-state index is 11.2. The van der Waals surface area contributed by atoms with Crippen molar-refractivity contribution in [2.24, 2.45) is 0 Å². The number of carbonyl (C=O) groups is 1. The van der Waals surface area contributed by atoms with Crippen LogP contribution >= 0.6 is 0 Å². The summed E-state index contributed by atoms with van der Waals surface area (Å²) in [5.41, 5.74) is 8.82. The van der Waals surface area contributed by atoms with Gasteiger partial charge in [-0.15, -0.1) is 0 Å². The summed E-state index contributed by atoms with van der Waals surface area (Å²) in [7, 11) is 0. The number of carbonyl (C=O) groups excluding carboxylic acids is 1. The number of benzene rings is 1. The normalized spacial score (nSPS) is 27.9. The molecule has 4 N–H and O–H groups in total. The lowest BCUT2D eigenvalue weighted by Crippen LogP contribution is -2.30. The van der Waals surface area contributed by atoms with E-state index in [0.29, 0.717) is 12.8 Å². The van der Waals surface area contributed by atoms with E-state index in [1.54, 1.807) is 0 Å². The van der Waals surface area contributed by atoms with Crippen molar-refractivity contribution < 1.29 is 9.90 Å². The second-order valence-electron chi connectivity index (χ2n) is 4.23. The molecule has 5 nitrogen and oxygen atoms in total. The Morgan fingerprint density at radius 1 is 1.31 bits per heavy atom. The maximum Gasteiger partial charge on any atom is 0.228 e. The van der Waals surface area contributed by atoms with E-state index in [1.807, 2.05) is 18.2 Å². The third-order valence-corrected chi connectivity index (χ3v) is 3.04. The van der Waals surface area contributed by atoms with Crippen molar-refractivity contribution in [1.82, 2.24) is 10.9 Å². The van der Waals surface area contributed by atoms with Gasteiger partial charge in [0.1, 0.15) is 6.23 Å². The van der Waals surface area contributed by atoms with Crippen molar-refractivity contribution in [1.29, 1.82) is 0 Å². The number of anilines is 1. The van der Waals surface area contributed by atoms with Crippen LogP contribution in [-0.2, 0) is 11.2 Å². The van der Waals surface area contributed by atoms with Crippen molar-refractivity contribution in [3.63, 3.8) is 0 Å². The Kier molecular flexibility index (Phi) is 2.17. The molecule has 2 aliphatic rings. The number of amides is 1. The molecule has 0 saturated carbocycles. The fourth-order valence-corrected chi connectivity index (χ4v) is 2.22. The largest absolute Gasteiger partial charge is 0.377 e. The predicted molar refractivity (Wildman–Crippen MR) is 58.4 cm³/mol. The summed E-state index contributed by atoms with van der Waals surface area (Å²) in [4.78, 5) is 11.2. The minimum Gasteiger partial charge on any atom is -0.377 e. The van der Waals surface area contributed by atoms with Crippen molar-refractivity contribution >= 4 is 11.6 Å². The second kappa shape index (κ2) is 3.55. The van der Waals surface area contributed by atoms with Crippen molar-refractivity contribution in [3.05, 3.63) is 29.3 Å². The molecule has 1 saturated heterocycles. The zero-order chi connectivity index (χ0) is 11.1. The zero-order valence-corrected chi connectivity index (χ0v) is 8.66. The van der Waals surface area contributed by atoms with Gasteiger partial charge in [0.05, 0.1) is 12.5 Å². The second-order valence-corrected chi connectivity index (χ2v) is 4.23. The molecule has 1 amide bonds. The van der Waals surface area contributed by atoms with Crippen LogP contribution in [0.15, 0.2) is 18.2 Å². The molecule has 0 spiro atoms. The van der Waals surface area contributed by atoms with E-state index in [1.165, 1.54) is 0 Å². The molecule has 0 bridgehead atoms. The molecular formula is C11H13N3O2. The summed E-state index contributed by atoms with van der Waals surface area (Å²) >= 11 is 0. The van der Waals surface area contributed by atoms with E-state index in [0.717, 1.165) is 16.8 Å². The Morgan fingerprint density at radius 2 is 2.19 bits per heavy atom. The summed E-state index contributed by atoms with van der Waals surface area (Å²) in [5, 5.41) is 12.2. The Morgan fingerprint density at radius 3 is 2.94 bits per heavy atom. The number of fused-ring (bicyclic) bond motifs is 1. The average molecular weight is 219 g/mol. The molecule has 2 atom stereocenters. The highest BCUT2D eigenvalue weighted by atomic mass is 16.3. The van der Waals surface area contributed by atoms with Gasteiger partial charge in [-0.05, 0) is 17.2 Å². The maximum absolute atomic E-state index is 11.2. The number of hydrogen-bond donors (Lipinski definition) is 4. The van der Waals surface area contributed by atoms with Crippen LogP contribution in [0.5, 0.6) is 0 Å². The molecule has 0 aliphatic carbocycles. The van der Waals surface area contributed by atoms with E-state index < -0.39 is 6.23 Å². The van der Waals surface area contributed by atoms with Gasteiger partial charge >= 0.3 is 0 Å². The van der Waals surface area contributed by atoms with Crippen LogP contribution in [0.4, 0.5) is 5.69 Å². The fourth-order valence-electron chi connectivity index (χ4n) is 2.22. The molecule has 0 aromatic heterocycles. The van der Waals surface area contributed by atoms with Gasteiger partial charge in [0.2, 0.25) is 5.91 Å². The molecule has 2 heterocycles. The van der Waals surface area contributed by atoms with E-state index in [9.17, 15) is 9.90 Å². The fraction of sp³-hybridized carbons (Fsp3) is 0.364. The molecule has 3 rings (SSSR count). The topological polar surface area (TPSA) is 73.4 Å². The molecule has 1 aromatic rings. The smallest absolute Gasteiger partial charge is 0.228 e. The Balaban J connectivity index is 1.87. The zero-order valence-electron chi connectivity index (χ0n) is 8.66. The lowest BCUT2D eigenvalue weighted by molar-refractivity contribution is -0.115. The number of hydrogen-bond acceptors (Lipinski definition) is 4. The third-order valence-electron chi connectivity index (χ3n) is 3.04. The monoisotopic (exact) mass is 219 g/mol. The average Bonchev–Trinajstić information content (AvgIpc) is 2.81. The van der Waals surface area contributed by atoms with Crippen LogP contribution in [0.3, 0.4) is 0 Å². The van der Waals surface area contributed by atoms with Crippen LogP contribution in [0, 0.1) is 0 Å². The van der Waals surface area contributed by atoms with Gasteiger partial charge in [-0.1, -0.05) is 12.1 Å². The summed E-state index contributed by atoms with van der Waals surface area (Å²) in [6.07, 6.45) is 0.587. The first kappa shape index (κ1) is 9.77. The van der Waals surface area contributed by atoms with Crippen molar-refractivity contribution in [3.8, 4) is 0 Å². The van der Waals surface area contributed by atoms with Gasteiger partial charge in [-0.25, -0.2) is 10.9 Å². The molecular weight excluding hydrogens is 206 g/mol. The standard InChI is InChI=1S/C11H13N3O2/c15-10-4-7-3-6(1-2-8(7)12-10)9-5-11(16)14-13-9/h1-3,9,11,13-14,16H,4-5H2,(H,12,15). The van der Waals surface area contributed by atoms with E-state index in [2.05, 4.69) is 16.2 Å². The van der Waals surface area contributed by atoms with E-state index >= 15 is 0 Å². The summed E-state index contributed by atoms with van der Waals surface area (Å²) in [5.74, 6) is 0.0460. The SMILES string of the molecule is O=C1Cc2cc(C3CC(O)NN3)ccc2N1. The van der Waals surface area contributed by atoms with Gasteiger partial charge in [0, 0.05) is 12.1 Å². The number of nitrogens with one attached hydrogen (secondary N) is 3. The van der Waals surface area contributed by atoms with Crippen LogP contribution < -0.4 is 16.2 Å². The third kappa shape index (κ3) is 1.59. The van der Waals surface area contributed by atoms with Crippen LogP contribution in [0.25, 0.3) is 0 Å². The van der Waals surface area contributed by atoms with Gasteiger partial charge in [-0.3, -0.25) is 4.79 Å². The van der Waals surface area contributed by atoms with Gasteiger partial charge in [0.25, 0.3) is 0 Å². The van der Waals surface area contributed by atoms with Crippen molar-refractivity contribution in [2.75, 3.05) is 5.32 Å². The van der Waals surface area contributed by atoms with Crippen LogP contribution in [-0.4, -0.2) is 17.2 Å². The first-order valence-corrected chi connectivity index (χ1v) is 5.34.